The molecule has 1 saturated carbocycles. The van der Waals surface area contributed by atoms with Crippen LogP contribution < -0.4 is 5.73 Å². The predicted molar refractivity (Wildman–Crippen MR) is 59.6 cm³/mol. The minimum atomic E-state index is 0.125. The molecular formula is C11H17NOS. The van der Waals surface area contributed by atoms with Crippen molar-refractivity contribution in [2.75, 3.05) is 6.54 Å². The molecule has 0 bridgehead atoms. The van der Waals surface area contributed by atoms with Crippen LogP contribution in [0.4, 0.5) is 0 Å². The summed E-state index contributed by atoms with van der Waals surface area (Å²) in [6.45, 7) is 2.72. The molecule has 1 atom stereocenters. The van der Waals surface area contributed by atoms with Crippen LogP contribution in [0, 0.1) is 6.92 Å². The molecule has 0 amide bonds. The molecule has 0 aliphatic heterocycles. The van der Waals surface area contributed by atoms with E-state index in [4.69, 9.17) is 10.5 Å². The van der Waals surface area contributed by atoms with Gasteiger partial charge in [0.2, 0.25) is 0 Å². The Labute approximate surface area is 89.1 Å². The molecule has 78 valence electrons. The zero-order valence-electron chi connectivity index (χ0n) is 8.53. The summed E-state index contributed by atoms with van der Waals surface area (Å²) in [7, 11) is 0. The number of hydrogen-bond donors (Lipinski definition) is 1. The van der Waals surface area contributed by atoms with Gasteiger partial charge in [-0.1, -0.05) is 0 Å². The van der Waals surface area contributed by atoms with Crippen LogP contribution in [-0.2, 0) is 4.74 Å². The fourth-order valence-electron chi connectivity index (χ4n) is 1.68. The van der Waals surface area contributed by atoms with E-state index in [0.717, 1.165) is 0 Å². The van der Waals surface area contributed by atoms with Crippen LogP contribution in [0.1, 0.15) is 35.8 Å². The maximum atomic E-state index is 5.95. The van der Waals surface area contributed by atoms with E-state index < -0.39 is 0 Å². The third kappa shape index (κ3) is 2.00. The van der Waals surface area contributed by atoms with Gasteiger partial charge < -0.3 is 10.5 Å². The Morgan fingerprint density at radius 1 is 1.64 bits per heavy atom. The highest BCUT2D eigenvalue weighted by Gasteiger charge is 2.24. The Morgan fingerprint density at radius 2 is 2.43 bits per heavy atom. The van der Waals surface area contributed by atoms with Gasteiger partial charge in [-0.3, -0.25) is 0 Å². The van der Waals surface area contributed by atoms with Crippen LogP contribution in [0.5, 0.6) is 0 Å². The fourth-order valence-corrected chi connectivity index (χ4v) is 2.65. The van der Waals surface area contributed by atoms with Gasteiger partial charge in [-0.25, -0.2) is 0 Å². The Balaban J connectivity index is 2.01. The molecule has 14 heavy (non-hydrogen) atoms. The maximum absolute atomic E-state index is 5.95. The number of aryl methyl sites for hydroxylation is 1. The lowest BCUT2D eigenvalue weighted by Gasteiger charge is -2.30. The summed E-state index contributed by atoms with van der Waals surface area (Å²) in [4.78, 5) is 1.31. The first-order valence-electron chi connectivity index (χ1n) is 5.20. The van der Waals surface area contributed by atoms with Crippen LogP contribution in [0.25, 0.3) is 0 Å². The second-order valence-corrected chi connectivity index (χ2v) is 4.83. The summed E-state index contributed by atoms with van der Waals surface area (Å²) >= 11 is 1.75. The average Bonchev–Trinajstić information content (AvgIpc) is 2.51. The SMILES string of the molecule is Cc1ccsc1C(CN)OC1CCC1. The van der Waals surface area contributed by atoms with Gasteiger partial charge in [0.05, 0.1) is 6.10 Å². The summed E-state index contributed by atoms with van der Waals surface area (Å²) in [5, 5.41) is 2.11. The minimum absolute atomic E-state index is 0.125. The minimum Gasteiger partial charge on any atom is -0.368 e. The van der Waals surface area contributed by atoms with Gasteiger partial charge in [0, 0.05) is 11.4 Å². The van der Waals surface area contributed by atoms with Gasteiger partial charge in [-0.2, -0.15) is 0 Å². The van der Waals surface area contributed by atoms with Gasteiger partial charge in [-0.05, 0) is 43.2 Å². The first kappa shape index (κ1) is 10.1. The van der Waals surface area contributed by atoms with Crippen molar-refractivity contribution in [3.05, 3.63) is 21.9 Å². The van der Waals surface area contributed by atoms with Gasteiger partial charge in [0.1, 0.15) is 6.10 Å². The van der Waals surface area contributed by atoms with E-state index in [2.05, 4.69) is 18.4 Å². The second kappa shape index (κ2) is 4.43. The third-order valence-electron chi connectivity index (χ3n) is 2.82. The standard InChI is InChI=1S/C11H17NOS/c1-8-5-6-14-11(8)10(7-12)13-9-3-2-4-9/h5-6,9-10H,2-4,7,12H2,1H3. The molecule has 3 heteroatoms. The zero-order valence-corrected chi connectivity index (χ0v) is 9.35. The molecule has 1 aliphatic rings. The van der Waals surface area contributed by atoms with Crippen LogP contribution in [0.2, 0.25) is 0 Å². The molecular weight excluding hydrogens is 194 g/mol. The topological polar surface area (TPSA) is 35.2 Å². The summed E-state index contributed by atoms with van der Waals surface area (Å²) in [6.07, 6.45) is 4.32. The molecule has 1 unspecified atom stereocenters. The lowest BCUT2D eigenvalue weighted by molar-refractivity contribution is -0.0474. The van der Waals surface area contributed by atoms with Crippen LogP contribution >= 0.6 is 11.3 Å². The Kier molecular flexibility index (Phi) is 3.21. The van der Waals surface area contributed by atoms with Crippen molar-refractivity contribution in [1.29, 1.82) is 0 Å². The Hall–Kier alpha value is -0.380. The molecule has 0 aromatic carbocycles. The molecule has 1 fully saturated rings. The lowest BCUT2D eigenvalue weighted by Crippen LogP contribution is -2.27. The molecule has 0 spiro atoms. The monoisotopic (exact) mass is 211 g/mol. The third-order valence-corrected chi connectivity index (χ3v) is 3.93. The van der Waals surface area contributed by atoms with Crippen molar-refractivity contribution < 1.29 is 4.74 Å². The van der Waals surface area contributed by atoms with Crippen LogP contribution in [0.15, 0.2) is 11.4 Å². The molecule has 2 rings (SSSR count). The first-order valence-corrected chi connectivity index (χ1v) is 6.08. The van der Waals surface area contributed by atoms with Crippen molar-refractivity contribution in [2.24, 2.45) is 5.73 Å². The normalized spacial score (nSPS) is 19.3. The number of rotatable bonds is 4. The lowest BCUT2D eigenvalue weighted by atomic mass is 9.96. The number of nitrogens with two attached hydrogens (primary N) is 1. The summed E-state index contributed by atoms with van der Waals surface area (Å²) in [5.41, 5.74) is 7.05. The zero-order chi connectivity index (χ0) is 9.97. The quantitative estimate of drug-likeness (QED) is 0.831. The van der Waals surface area contributed by atoms with E-state index in [1.165, 1.54) is 29.7 Å². The molecule has 1 aromatic heterocycles. The van der Waals surface area contributed by atoms with Crippen molar-refractivity contribution >= 4 is 11.3 Å². The molecule has 0 saturated heterocycles. The highest BCUT2D eigenvalue weighted by molar-refractivity contribution is 7.10. The molecule has 0 radical (unpaired) electrons. The highest BCUT2D eigenvalue weighted by atomic mass is 32.1. The maximum Gasteiger partial charge on any atom is 0.104 e. The average molecular weight is 211 g/mol. The van der Waals surface area contributed by atoms with Gasteiger partial charge >= 0.3 is 0 Å². The first-order chi connectivity index (χ1) is 6.81. The van der Waals surface area contributed by atoms with Gasteiger partial charge in [0.15, 0.2) is 0 Å². The molecule has 1 heterocycles. The molecule has 2 nitrogen and oxygen atoms in total. The molecule has 1 aromatic rings. The predicted octanol–water partition coefficient (Wildman–Crippen LogP) is 2.63. The van der Waals surface area contributed by atoms with Gasteiger partial charge in [0.25, 0.3) is 0 Å². The van der Waals surface area contributed by atoms with Crippen LogP contribution in [-0.4, -0.2) is 12.6 Å². The van der Waals surface area contributed by atoms with Crippen molar-refractivity contribution in [3.8, 4) is 0 Å². The van der Waals surface area contributed by atoms with E-state index in [1.54, 1.807) is 11.3 Å². The van der Waals surface area contributed by atoms with E-state index >= 15 is 0 Å². The summed E-state index contributed by atoms with van der Waals surface area (Å²) in [5.74, 6) is 0. The largest absolute Gasteiger partial charge is 0.368 e. The molecule has 1 aliphatic carbocycles. The second-order valence-electron chi connectivity index (χ2n) is 3.88. The summed E-state index contributed by atoms with van der Waals surface area (Å²) in [6, 6.07) is 2.13. The van der Waals surface area contributed by atoms with Crippen LogP contribution in [0.3, 0.4) is 0 Å². The number of thiophene rings is 1. The smallest absolute Gasteiger partial charge is 0.104 e. The highest BCUT2D eigenvalue weighted by Crippen LogP contribution is 2.32. The van der Waals surface area contributed by atoms with E-state index in [0.29, 0.717) is 12.6 Å². The summed E-state index contributed by atoms with van der Waals surface area (Å²) < 4.78 is 5.95. The number of hydrogen-bond acceptors (Lipinski definition) is 3. The fraction of sp³-hybridized carbons (Fsp3) is 0.636. The van der Waals surface area contributed by atoms with Crippen molar-refractivity contribution in [2.45, 2.75) is 38.4 Å². The van der Waals surface area contributed by atoms with E-state index in [1.807, 2.05) is 0 Å². The van der Waals surface area contributed by atoms with E-state index in [9.17, 15) is 0 Å². The van der Waals surface area contributed by atoms with Gasteiger partial charge in [-0.15, -0.1) is 11.3 Å². The van der Waals surface area contributed by atoms with E-state index in [-0.39, 0.29) is 6.10 Å². The Morgan fingerprint density at radius 3 is 2.86 bits per heavy atom. The van der Waals surface area contributed by atoms with Crippen molar-refractivity contribution in [3.63, 3.8) is 0 Å². The molecule has 2 N–H and O–H groups in total. The number of ether oxygens (including phenoxy) is 1. The Bertz CT molecular complexity index is 293. The van der Waals surface area contributed by atoms with Crippen molar-refractivity contribution in [1.82, 2.24) is 0 Å².